The third-order valence-electron chi connectivity index (χ3n) is 3.33. The molecule has 0 spiro atoms. The van der Waals surface area contributed by atoms with Gasteiger partial charge in [-0.2, -0.15) is 0 Å². The molecule has 1 fully saturated rings. The second-order valence-corrected chi connectivity index (χ2v) is 5.78. The number of piperidine rings is 1. The first kappa shape index (κ1) is 13.6. The first-order valence-electron chi connectivity index (χ1n) is 6.37. The van der Waals surface area contributed by atoms with Crippen molar-refractivity contribution in [1.82, 2.24) is 10.2 Å². The van der Waals surface area contributed by atoms with Crippen LogP contribution in [0.5, 0.6) is 0 Å². The van der Waals surface area contributed by atoms with E-state index in [2.05, 4.69) is 27.3 Å². The largest absolute Gasteiger partial charge is 0.341 e. The molecule has 0 aromatic heterocycles. The van der Waals surface area contributed by atoms with Gasteiger partial charge in [0, 0.05) is 24.6 Å². The highest BCUT2D eigenvalue weighted by Gasteiger charge is 2.23. The Bertz CT molecular complexity index is 416. The molecule has 0 unspecified atom stereocenters. The maximum absolute atomic E-state index is 12.3. The van der Waals surface area contributed by atoms with Crippen molar-refractivity contribution >= 4 is 21.8 Å². The van der Waals surface area contributed by atoms with Gasteiger partial charge in [0.25, 0.3) is 0 Å². The van der Waals surface area contributed by atoms with Crippen molar-refractivity contribution in [3.63, 3.8) is 0 Å². The van der Waals surface area contributed by atoms with Gasteiger partial charge in [0.1, 0.15) is 0 Å². The van der Waals surface area contributed by atoms with Crippen molar-refractivity contribution in [3.8, 4) is 0 Å². The molecule has 4 heteroatoms. The third kappa shape index (κ3) is 3.56. The lowest BCUT2D eigenvalue weighted by molar-refractivity contribution is -0.135. The molecule has 0 bridgehead atoms. The van der Waals surface area contributed by atoms with E-state index in [4.69, 9.17) is 0 Å². The van der Waals surface area contributed by atoms with E-state index < -0.39 is 0 Å². The summed E-state index contributed by atoms with van der Waals surface area (Å²) in [5.41, 5.74) is 1.16. The van der Waals surface area contributed by atoms with Gasteiger partial charge in [-0.3, -0.25) is 4.79 Å². The van der Waals surface area contributed by atoms with Crippen LogP contribution in [0, 0.1) is 5.92 Å². The first-order valence-corrected chi connectivity index (χ1v) is 7.16. The third-order valence-corrected chi connectivity index (χ3v) is 3.82. The standard InChI is InChI=1S/C14H19BrN2O/c1-17(10-11-4-2-6-13(15)8-11)14(18)12-5-3-7-16-9-12/h2,4,6,8,12,16H,3,5,7,9-10H2,1H3/t12-/m1/s1. The Morgan fingerprint density at radius 1 is 1.56 bits per heavy atom. The summed E-state index contributed by atoms with van der Waals surface area (Å²) in [5, 5.41) is 3.29. The highest BCUT2D eigenvalue weighted by molar-refractivity contribution is 9.10. The van der Waals surface area contributed by atoms with E-state index in [9.17, 15) is 4.79 Å². The number of hydrogen-bond acceptors (Lipinski definition) is 2. The van der Waals surface area contributed by atoms with Crippen LogP contribution in [0.15, 0.2) is 28.7 Å². The van der Waals surface area contributed by atoms with Crippen LogP contribution in [0.1, 0.15) is 18.4 Å². The average molecular weight is 311 g/mol. The minimum absolute atomic E-state index is 0.149. The number of benzene rings is 1. The molecule has 1 N–H and O–H groups in total. The summed E-state index contributed by atoms with van der Waals surface area (Å²) in [5.74, 6) is 0.401. The monoisotopic (exact) mass is 310 g/mol. The van der Waals surface area contributed by atoms with Crippen LogP contribution in [0.3, 0.4) is 0 Å². The Morgan fingerprint density at radius 2 is 2.39 bits per heavy atom. The summed E-state index contributed by atoms with van der Waals surface area (Å²) in [7, 11) is 1.89. The number of hydrogen-bond donors (Lipinski definition) is 1. The summed E-state index contributed by atoms with van der Waals surface area (Å²) in [4.78, 5) is 14.1. The molecular formula is C14H19BrN2O. The number of rotatable bonds is 3. The number of nitrogens with zero attached hydrogens (tertiary/aromatic N) is 1. The second kappa shape index (κ2) is 6.34. The SMILES string of the molecule is CN(Cc1cccc(Br)c1)C(=O)[C@@H]1CCCNC1. The van der Waals surface area contributed by atoms with E-state index in [0.717, 1.165) is 36.0 Å². The van der Waals surface area contributed by atoms with Gasteiger partial charge in [0.2, 0.25) is 5.91 Å². The molecule has 1 heterocycles. The molecule has 1 amide bonds. The summed E-state index contributed by atoms with van der Waals surface area (Å²) in [6.45, 7) is 2.54. The summed E-state index contributed by atoms with van der Waals surface area (Å²) in [6.07, 6.45) is 2.11. The van der Waals surface area contributed by atoms with E-state index in [1.807, 2.05) is 30.1 Å². The lowest BCUT2D eigenvalue weighted by Gasteiger charge is -2.27. The highest BCUT2D eigenvalue weighted by Crippen LogP contribution is 2.16. The maximum Gasteiger partial charge on any atom is 0.227 e. The molecule has 2 rings (SSSR count). The van der Waals surface area contributed by atoms with E-state index >= 15 is 0 Å². The van der Waals surface area contributed by atoms with Gasteiger partial charge < -0.3 is 10.2 Å². The Labute approximate surface area is 117 Å². The lowest BCUT2D eigenvalue weighted by atomic mass is 9.98. The van der Waals surface area contributed by atoms with Crippen molar-refractivity contribution in [3.05, 3.63) is 34.3 Å². The van der Waals surface area contributed by atoms with Gasteiger partial charge in [-0.1, -0.05) is 28.1 Å². The predicted octanol–water partition coefficient (Wildman–Crippen LogP) is 2.41. The van der Waals surface area contributed by atoms with Gasteiger partial charge in [0.15, 0.2) is 0 Å². The zero-order chi connectivity index (χ0) is 13.0. The molecule has 1 aliphatic rings. The van der Waals surface area contributed by atoms with E-state index in [1.54, 1.807) is 0 Å². The van der Waals surface area contributed by atoms with E-state index in [0.29, 0.717) is 6.54 Å². The molecular weight excluding hydrogens is 292 g/mol. The van der Waals surface area contributed by atoms with Crippen LogP contribution in [0.25, 0.3) is 0 Å². The molecule has 1 aromatic rings. The van der Waals surface area contributed by atoms with Crippen molar-refractivity contribution in [1.29, 1.82) is 0 Å². The van der Waals surface area contributed by atoms with E-state index in [-0.39, 0.29) is 11.8 Å². The second-order valence-electron chi connectivity index (χ2n) is 4.87. The summed E-state index contributed by atoms with van der Waals surface area (Å²) < 4.78 is 1.06. The topological polar surface area (TPSA) is 32.3 Å². The van der Waals surface area contributed by atoms with Gasteiger partial charge >= 0.3 is 0 Å². The fourth-order valence-electron chi connectivity index (χ4n) is 2.36. The van der Waals surface area contributed by atoms with Gasteiger partial charge in [0.05, 0.1) is 5.92 Å². The van der Waals surface area contributed by atoms with Crippen LogP contribution in [0.4, 0.5) is 0 Å². The Kier molecular flexibility index (Phi) is 4.78. The van der Waals surface area contributed by atoms with Crippen LogP contribution in [-0.2, 0) is 11.3 Å². The Balaban J connectivity index is 1.94. The molecule has 3 nitrogen and oxygen atoms in total. The van der Waals surface area contributed by atoms with Gasteiger partial charge in [-0.25, -0.2) is 0 Å². The van der Waals surface area contributed by atoms with Crippen molar-refractivity contribution in [2.24, 2.45) is 5.92 Å². The molecule has 1 aliphatic heterocycles. The lowest BCUT2D eigenvalue weighted by Crippen LogP contribution is -2.41. The number of carbonyl (C=O) groups is 1. The summed E-state index contributed by atoms with van der Waals surface area (Å²) >= 11 is 3.45. The van der Waals surface area contributed by atoms with Crippen LogP contribution >= 0.6 is 15.9 Å². The molecule has 1 atom stereocenters. The molecule has 98 valence electrons. The summed E-state index contributed by atoms with van der Waals surface area (Å²) in [6, 6.07) is 8.10. The molecule has 1 saturated heterocycles. The van der Waals surface area contributed by atoms with Crippen LogP contribution < -0.4 is 5.32 Å². The molecule has 0 saturated carbocycles. The highest BCUT2D eigenvalue weighted by atomic mass is 79.9. The average Bonchev–Trinajstić information content (AvgIpc) is 2.39. The van der Waals surface area contributed by atoms with Gasteiger partial charge in [-0.15, -0.1) is 0 Å². The number of halogens is 1. The minimum atomic E-state index is 0.149. The van der Waals surface area contributed by atoms with Crippen molar-refractivity contribution in [2.45, 2.75) is 19.4 Å². The van der Waals surface area contributed by atoms with Crippen molar-refractivity contribution in [2.75, 3.05) is 20.1 Å². The number of amides is 1. The molecule has 1 aromatic carbocycles. The van der Waals surface area contributed by atoms with Gasteiger partial charge in [-0.05, 0) is 37.1 Å². The first-order chi connectivity index (χ1) is 8.66. The fourth-order valence-corrected chi connectivity index (χ4v) is 2.81. The van der Waals surface area contributed by atoms with Crippen LogP contribution in [-0.4, -0.2) is 30.9 Å². The van der Waals surface area contributed by atoms with Crippen LogP contribution in [0.2, 0.25) is 0 Å². The fraction of sp³-hybridized carbons (Fsp3) is 0.500. The number of nitrogens with one attached hydrogen (secondary N) is 1. The quantitative estimate of drug-likeness (QED) is 0.930. The Hall–Kier alpha value is -0.870. The molecule has 0 radical (unpaired) electrons. The molecule has 18 heavy (non-hydrogen) atoms. The predicted molar refractivity (Wildman–Crippen MR) is 76.2 cm³/mol. The Morgan fingerprint density at radius 3 is 3.06 bits per heavy atom. The number of carbonyl (C=O) groups excluding carboxylic acids is 1. The normalized spacial score (nSPS) is 19.6. The zero-order valence-electron chi connectivity index (χ0n) is 10.7. The molecule has 0 aliphatic carbocycles. The van der Waals surface area contributed by atoms with E-state index in [1.165, 1.54) is 0 Å². The maximum atomic E-state index is 12.3. The smallest absolute Gasteiger partial charge is 0.227 e. The minimum Gasteiger partial charge on any atom is -0.341 e. The zero-order valence-corrected chi connectivity index (χ0v) is 12.2. The van der Waals surface area contributed by atoms with Crippen molar-refractivity contribution < 1.29 is 4.79 Å².